The van der Waals surface area contributed by atoms with Crippen molar-refractivity contribution in [1.82, 2.24) is 0 Å². The number of carbonyl (C=O) groups excluding carboxylic acids is 1. The minimum Gasteiger partial charge on any atom is -0.380 e. The van der Waals surface area contributed by atoms with Crippen LogP contribution < -0.4 is 0 Å². The van der Waals surface area contributed by atoms with E-state index in [9.17, 15) is 4.79 Å². The molecule has 0 radical (unpaired) electrons. The molecule has 0 aromatic rings. The van der Waals surface area contributed by atoms with Crippen LogP contribution in [0.15, 0.2) is 12.2 Å². The standard InChI is InChI=1S/C17H26O2/c1-12-14-9-10-17(11-18,15(14)19-3)16(12,2)13-7-5-4-6-8-13/h11,13-15H,1,4-10H2,2-3H3/t14-,15-,16+,17+/m1/s1. The van der Waals surface area contributed by atoms with Gasteiger partial charge in [0.15, 0.2) is 0 Å². The number of carbonyl (C=O) groups is 1. The van der Waals surface area contributed by atoms with Crippen LogP contribution in [-0.4, -0.2) is 19.5 Å². The zero-order valence-corrected chi connectivity index (χ0v) is 12.3. The van der Waals surface area contributed by atoms with Crippen molar-refractivity contribution in [2.24, 2.45) is 22.7 Å². The molecule has 3 aliphatic rings. The van der Waals surface area contributed by atoms with Crippen LogP contribution in [0.2, 0.25) is 0 Å². The first-order valence-electron chi connectivity index (χ1n) is 7.80. The van der Waals surface area contributed by atoms with Crippen molar-refractivity contribution in [3.63, 3.8) is 0 Å². The van der Waals surface area contributed by atoms with E-state index in [1.54, 1.807) is 7.11 Å². The van der Waals surface area contributed by atoms with E-state index in [-0.39, 0.29) is 16.9 Å². The van der Waals surface area contributed by atoms with Gasteiger partial charge in [0.2, 0.25) is 0 Å². The smallest absolute Gasteiger partial charge is 0.129 e. The molecule has 0 amide bonds. The van der Waals surface area contributed by atoms with Crippen molar-refractivity contribution in [3.8, 4) is 0 Å². The highest BCUT2D eigenvalue weighted by molar-refractivity contribution is 5.68. The molecule has 0 aromatic carbocycles. The van der Waals surface area contributed by atoms with Crippen LogP contribution in [0.4, 0.5) is 0 Å². The molecule has 0 spiro atoms. The summed E-state index contributed by atoms with van der Waals surface area (Å²) in [5.74, 6) is 1.03. The van der Waals surface area contributed by atoms with Crippen molar-refractivity contribution in [1.29, 1.82) is 0 Å². The molecule has 3 rings (SSSR count). The highest BCUT2D eigenvalue weighted by Crippen LogP contribution is 2.70. The summed E-state index contributed by atoms with van der Waals surface area (Å²) in [6.07, 6.45) is 9.87. The molecule has 19 heavy (non-hydrogen) atoms. The molecule has 0 aliphatic heterocycles. The average Bonchev–Trinajstić information content (AvgIpc) is 2.92. The van der Waals surface area contributed by atoms with E-state index in [1.165, 1.54) is 44.0 Å². The molecule has 4 atom stereocenters. The summed E-state index contributed by atoms with van der Waals surface area (Å²) in [5.41, 5.74) is 0.981. The van der Waals surface area contributed by atoms with Gasteiger partial charge in [0, 0.05) is 18.4 Å². The predicted octanol–water partition coefficient (Wildman–Crippen LogP) is 3.75. The van der Waals surface area contributed by atoms with Gasteiger partial charge in [-0.05, 0) is 31.6 Å². The SMILES string of the molecule is C=C1[C@H]2CC[C@](C=O)([C@@H]2OC)[C@]1(C)C1CCCCC1. The van der Waals surface area contributed by atoms with Gasteiger partial charge >= 0.3 is 0 Å². The van der Waals surface area contributed by atoms with Gasteiger partial charge in [0.1, 0.15) is 6.29 Å². The monoisotopic (exact) mass is 262 g/mol. The third kappa shape index (κ3) is 1.44. The van der Waals surface area contributed by atoms with Gasteiger partial charge < -0.3 is 9.53 Å². The summed E-state index contributed by atoms with van der Waals surface area (Å²) < 4.78 is 5.76. The third-order valence-electron chi connectivity index (χ3n) is 6.71. The molecular weight excluding hydrogens is 236 g/mol. The molecule has 2 nitrogen and oxygen atoms in total. The third-order valence-corrected chi connectivity index (χ3v) is 6.71. The first kappa shape index (κ1) is 13.4. The Kier molecular flexibility index (Phi) is 3.12. The highest BCUT2D eigenvalue weighted by atomic mass is 16.5. The summed E-state index contributed by atoms with van der Waals surface area (Å²) in [7, 11) is 1.77. The predicted molar refractivity (Wildman–Crippen MR) is 75.8 cm³/mol. The zero-order chi connectivity index (χ0) is 13.7. The van der Waals surface area contributed by atoms with E-state index >= 15 is 0 Å². The molecule has 0 heterocycles. The van der Waals surface area contributed by atoms with Gasteiger partial charge in [-0.25, -0.2) is 0 Å². The Morgan fingerprint density at radius 2 is 1.95 bits per heavy atom. The lowest BCUT2D eigenvalue weighted by molar-refractivity contribution is -0.132. The van der Waals surface area contributed by atoms with Crippen LogP contribution in [0.25, 0.3) is 0 Å². The van der Waals surface area contributed by atoms with Crippen molar-refractivity contribution >= 4 is 6.29 Å². The molecule has 0 N–H and O–H groups in total. The summed E-state index contributed by atoms with van der Waals surface area (Å²) in [6, 6.07) is 0. The van der Waals surface area contributed by atoms with Gasteiger partial charge in [-0.15, -0.1) is 0 Å². The van der Waals surface area contributed by atoms with E-state index in [2.05, 4.69) is 13.5 Å². The average molecular weight is 262 g/mol. The first-order valence-corrected chi connectivity index (χ1v) is 7.80. The minimum atomic E-state index is -0.300. The van der Waals surface area contributed by atoms with Crippen LogP contribution in [0.1, 0.15) is 51.9 Å². The van der Waals surface area contributed by atoms with E-state index in [0.717, 1.165) is 12.8 Å². The number of ether oxygens (including phenoxy) is 1. The fraction of sp³-hybridized carbons (Fsp3) is 0.824. The zero-order valence-electron chi connectivity index (χ0n) is 12.3. The lowest BCUT2D eigenvalue weighted by Crippen LogP contribution is -2.48. The number of rotatable bonds is 3. The Balaban J connectivity index is 2.04. The topological polar surface area (TPSA) is 26.3 Å². The number of aldehydes is 1. The molecule has 3 aliphatic carbocycles. The lowest BCUT2D eigenvalue weighted by atomic mass is 9.54. The molecule has 2 bridgehead atoms. The Hall–Kier alpha value is -0.630. The molecule has 2 heteroatoms. The maximum absolute atomic E-state index is 12.0. The second-order valence-corrected chi connectivity index (χ2v) is 7.02. The van der Waals surface area contributed by atoms with Crippen molar-refractivity contribution in [2.75, 3.05) is 7.11 Å². The normalized spacial score (nSPS) is 46.7. The molecule has 3 fully saturated rings. The van der Waals surface area contributed by atoms with Crippen LogP contribution in [0.3, 0.4) is 0 Å². The molecule has 0 aromatic heterocycles. The quantitative estimate of drug-likeness (QED) is 0.572. The second-order valence-electron chi connectivity index (χ2n) is 7.02. The molecular formula is C17H26O2. The van der Waals surface area contributed by atoms with Crippen molar-refractivity contribution in [2.45, 2.75) is 58.0 Å². The minimum absolute atomic E-state index is 0.0290. The van der Waals surface area contributed by atoms with Crippen LogP contribution in [0, 0.1) is 22.7 Å². The highest BCUT2D eigenvalue weighted by Gasteiger charge is 2.69. The van der Waals surface area contributed by atoms with Crippen molar-refractivity contribution in [3.05, 3.63) is 12.2 Å². The van der Waals surface area contributed by atoms with E-state index in [1.807, 2.05) is 0 Å². The summed E-state index contributed by atoms with van der Waals surface area (Å²) in [6.45, 7) is 6.73. The Bertz CT molecular complexity index is 396. The van der Waals surface area contributed by atoms with E-state index in [0.29, 0.717) is 11.8 Å². The maximum Gasteiger partial charge on any atom is 0.129 e. The maximum atomic E-state index is 12.0. The largest absolute Gasteiger partial charge is 0.380 e. The summed E-state index contributed by atoms with van der Waals surface area (Å²) in [4.78, 5) is 12.0. The summed E-state index contributed by atoms with van der Waals surface area (Å²) >= 11 is 0. The number of hydrogen-bond donors (Lipinski definition) is 0. The molecule has 0 saturated heterocycles. The van der Waals surface area contributed by atoms with Gasteiger partial charge in [0.25, 0.3) is 0 Å². The van der Waals surface area contributed by atoms with Gasteiger partial charge in [-0.1, -0.05) is 38.3 Å². The van der Waals surface area contributed by atoms with Gasteiger partial charge in [-0.2, -0.15) is 0 Å². The van der Waals surface area contributed by atoms with E-state index < -0.39 is 0 Å². The number of fused-ring (bicyclic) bond motifs is 2. The lowest BCUT2D eigenvalue weighted by Gasteiger charge is -2.49. The Morgan fingerprint density at radius 3 is 2.53 bits per heavy atom. The fourth-order valence-corrected chi connectivity index (χ4v) is 5.59. The fourth-order valence-electron chi connectivity index (χ4n) is 5.59. The molecule has 3 saturated carbocycles. The number of hydrogen-bond acceptors (Lipinski definition) is 2. The molecule has 0 unspecified atom stereocenters. The van der Waals surface area contributed by atoms with Gasteiger partial charge in [0.05, 0.1) is 11.5 Å². The van der Waals surface area contributed by atoms with Crippen LogP contribution in [0.5, 0.6) is 0 Å². The van der Waals surface area contributed by atoms with Gasteiger partial charge in [-0.3, -0.25) is 0 Å². The van der Waals surface area contributed by atoms with Crippen LogP contribution >= 0.6 is 0 Å². The number of methoxy groups -OCH3 is 1. The van der Waals surface area contributed by atoms with Crippen LogP contribution in [-0.2, 0) is 9.53 Å². The first-order chi connectivity index (χ1) is 9.11. The summed E-state index contributed by atoms with van der Waals surface area (Å²) in [5, 5.41) is 0. The molecule has 106 valence electrons. The van der Waals surface area contributed by atoms with Crippen molar-refractivity contribution < 1.29 is 9.53 Å². The second kappa shape index (κ2) is 4.44. The Morgan fingerprint density at radius 1 is 1.26 bits per heavy atom. The van der Waals surface area contributed by atoms with E-state index in [4.69, 9.17) is 4.74 Å². The Labute approximate surface area is 116 Å².